The fourth-order valence-electron chi connectivity index (χ4n) is 3.94. The zero-order valence-electron chi connectivity index (χ0n) is 15.6. The summed E-state index contributed by atoms with van der Waals surface area (Å²) in [5.41, 5.74) is 2.35. The normalized spacial score (nSPS) is 20.7. The molecule has 2 N–H and O–H groups in total. The van der Waals surface area contributed by atoms with E-state index in [0.29, 0.717) is 34.2 Å². The summed E-state index contributed by atoms with van der Waals surface area (Å²) in [5.74, 6) is 0.930. The van der Waals surface area contributed by atoms with Gasteiger partial charge in [0.25, 0.3) is 5.56 Å². The Hall–Kier alpha value is -2.41. The summed E-state index contributed by atoms with van der Waals surface area (Å²) < 4.78 is 0. The van der Waals surface area contributed by atoms with Crippen LogP contribution in [0.25, 0.3) is 0 Å². The van der Waals surface area contributed by atoms with E-state index in [4.69, 9.17) is 0 Å². The van der Waals surface area contributed by atoms with E-state index >= 15 is 0 Å². The van der Waals surface area contributed by atoms with Crippen molar-refractivity contribution in [3.05, 3.63) is 57.3 Å². The van der Waals surface area contributed by atoms with Gasteiger partial charge in [0.2, 0.25) is 0 Å². The van der Waals surface area contributed by atoms with Gasteiger partial charge in [-0.3, -0.25) is 14.6 Å². The maximum absolute atomic E-state index is 13.1. The summed E-state index contributed by atoms with van der Waals surface area (Å²) in [6.45, 7) is 6.19. The number of allylic oxidation sites excluding steroid dienone is 2. The molecule has 1 atom stereocenters. The lowest BCUT2D eigenvalue weighted by Gasteiger charge is -2.38. The number of carbonyl (C=O) groups is 1. The maximum Gasteiger partial charge on any atom is 0.257 e. The standard InChI is InChI=1S/C20H22N4O2S/c1-4-27-19-23-17-16(18(26)24-19)15(11-7-5-6-8-21-11)14-12(22-17)9-20(2,3)10-13(14)25/h5-8,15H,4,9-10H2,1-3H3,(H2,22,23,24,26)/t15-/m0/s1. The lowest BCUT2D eigenvalue weighted by molar-refractivity contribution is -0.118. The lowest BCUT2D eigenvalue weighted by Crippen LogP contribution is -2.37. The van der Waals surface area contributed by atoms with E-state index in [2.05, 4.69) is 34.1 Å². The second-order valence-electron chi connectivity index (χ2n) is 7.71. The van der Waals surface area contributed by atoms with E-state index in [0.717, 1.165) is 17.9 Å². The number of aromatic nitrogens is 3. The third-order valence-corrected chi connectivity index (χ3v) is 5.72. The molecule has 2 aromatic heterocycles. The van der Waals surface area contributed by atoms with Crippen molar-refractivity contribution >= 4 is 23.4 Å². The van der Waals surface area contributed by atoms with E-state index in [1.54, 1.807) is 6.20 Å². The largest absolute Gasteiger partial charge is 0.343 e. The number of aromatic amines is 1. The van der Waals surface area contributed by atoms with Crippen molar-refractivity contribution in [2.24, 2.45) is 5.41 Å². The predicted octanol–water partition coefficient (Wildman–Crippen LogP) is 3.48. The van der Waals surface area contributed by atoms with Gasteiger partial charge in [0, 0.05) is 23.9 Å². The van der Waals surface area contributed by atoms with Gasteiger partial charge >= 0.3 is 0 Å². The summed E-state index contributed by atoms with van der Waals surface area (Å²) in [5, 5.41) is 3.89. The third-order valence-electron chi connectivity index (χ3n) is 4.96. The van der Waals surface area contributed by atoms with Crippen molar-refractivity contribution in [1.82, 2.24) is 15.0 Å². The van der Waals surface area contributed by atoms with Gasteiger partial charge in [0.15, 0.2) is 10.9 Å². The Labute approximate surface area is 161 Å². The molecule has 3 heterocycles. The SMILES string of the molecule is CCSc1nc2c(c(=O)[nH]1)[C@@H](c1ccccn1)C1=C(CC(C)(C)CC1=O)N2. The van der Waals surface area contributed by atoms with Gasteiger partial charge in [-0.05, 0) is 29.7 Å². The van der Waals surface area contributed by atoms with Gasteiger partial charge in [-0.1, -0.05) is 38.6 Å². The highest BCUT2D eigenvalue weighted by molar-refractivity contribution is 7.99. The number of thioether (sulfide) groups is 1. The first-order valence-electron chi connectivity index (χ1n) is 9.11. The van der Waals surface area contributed by atoms with Crippen LogP contribution in [0.1, 0.15) is 50.8 Å². The van der Waals surface area contributed by atoms with Crippen molar-refractivity contribution in [1.29, 1.82) is 0 Å². The van der Waals surface area contributed by atoms with Gasteiger partial charge in [-0.25, -0.2) is 4.98 Å². The van der Waals surface area contributed by atoms with E-state index in [-0.39, 0.29) is 16.8 Å². The van der Waals surface area contributed by atoms with Crippen LogP contribution in [0.2, 0.25) is 0 Å². The summed E-state index contributed by atoms with van der Waals surface area (Å²) in [7, 11) is 0. The first-order valence-corrected chi connectivity index (χ1v) is 10.1. The molecule has 0 spiro atoms. The molecule has 0 radical (unpaired) electrons. The molecule has 0 saturated carbocycles. The van der Waals surface area contributed by atoms with Gasteiger partial charge in [-0.2, -0.15) is 0 Å². The molecule has 0 bridgehead atoms. The highest BCUT2D eigenvalue weighted by atomic mass is 32.2. The Kier molecular flexibility index (Phi) is 4.42. The molecule has 2 aromatic rings. The minimum absolute atomic E-state index is 0.0708. The molecule has 1 aliphatic heterocycles. The molecule has 0 saturated heterocycles. The third kappa shape index (κ3) is 3.20. The van der Waals surface area contributed by atoms with Crippen LogP contribution in [0.15, 0.2) is 45.6 Å². The van der Waals surface area contributed by atoms with Crippen LogP contribution in [0, 0.1) is 5.41 Å². The Morgan fingerprint density at radius 3 is 2.78 bits per heavy atom. The molecule has 2 aliphatic rings. The molecular formula is C20H22N4O2S. The van der Waals surface area contributed by atoms with Crippen molar-refractivity contribution in [3.8, 4) is 0 Å². The number of hydrogen-bond donors (Lipinski definition) is 2. The summed E-state index contributed by atoms with van der Waals surface area (Å²) in [4.78, 5) is 37.9. The molecule has 0 unspecified atom stereocenters. The van der Waals surface area contributed by atoms with Gasteiger partial charge in [0.1, 0.15) is 5.82 Å². The average molecular weight is 382 g/mol. The van der Waals surface area contributed by atoms with Crippen LogP contribution in [0.3, 0.4) is 0 Å². The van der Waals surface area contributed by atoms with Gasteiger partial charge < -0.3 is 10.3 Å². The summed E-state index contributed by atoms with van der Waals surface area (Å²) in [6.07, 6.45) is 2.89. The number of nitrogens with one attached hydrogen (secondary N) is 2. The Morgan fingerprint density at radius 1 is 1.26 bits per heavy atom. The zero-order valence-corrected chi connectivity index (χ0v) is 16.4. The predicted molar refractivity (Wildman–Crippen MR) is 106 cm³/mol. The number of rotatable bonds is 3. The van der Waals surface area contributed by atoms with Crippen molar-refractivity contribution in [3.63, 3.8) is 0 Å². The molecule has 7 heteroatoms. The van der Waals surface area contributed by atoms with Gasteiger partial charge in [0.05, 0.1) is 17.2 Å². The molecule has 1 aliphatic carbocycles. The number of pyridine rings is 1. The Bertz CT molecular complexity index is 995. The van der Waals surface area contributed by atoms with Crippen LogP contribution in [-0.2, 0) is 4.79 Å². The minimum atomic E-state index is -0.488. The highest BCUT2D eigenvalue weighted by Gasteiger charge is 2.42. The van der Waals surface area contributed by atoms with E-state index < -0.39 is 5.92 Å². The highest BCUT2D eigenvalue weighted by Crippen LogP contribution is 2.47. The molecule has 140 valence electrons. The van der Waals surface area contributed by atoms with Crippen LogP contribution >= 0.6 is 11.8 Å². The fraction of sp³-hybridized carbons (Fsp3) is 0.400. The van der Waals surface area contributed by atoms with Gasteiger partial charge in [-0.15, -0.1) is 0 Å². The first kappa shape index (κ1) is 18.0. The maximum atomic E-state index is 13.1. The Morgan fingerprint density at radius 2 is 2.07 bits per heavy atom. The van der Waals surface area contributed by atoms with Crippen molar-refractivity contribution < 1.29 is 4.79 Å². The van der Waals surface area contributed by atoms with Crippen LogP contribution in [0.4, 0.5) is 5.82 Å². The zero-order chi connectivity index (χ0) is 19.2. The second-order valence-corrected chi connectivity index (χ2v) is 8.96. The summed E-state index contributed by atoms with van der Waals surface area (Å²) in [6, 6.07) is 5.58. The first-order chi connectivity index (χ1) is 12.9. The van der Waals surface area contributed by atoms with E-state index in [1.807, 2.05) is 25.1 Å². The number of Topliss-reactive ketones (excluding diaryl/α,β-unsaturated/α-hetero) is 1. The molecule has 27 heavy (non-hydrogen) atoms. The van der Waals surface area contributed by atoms with E-state index in [1.165, 1.54) is 11.8 Å². The number of ketones is 1. The number of carbonyl (C=O) groups excluding carboxylic acids is 1. The number of anilines is 1. The smallest absolute Gasteiger partial charge is 0.257 e. The topological polar surface area (TPSA) is 87.7 Å². The average Bonchev–Trinajstić information content (AvgIpc) is 2.60. The molecule has 0 fully saturated rings. The monoisotopic (exact) mass is 382 g/mol. The van der Waals surface area contributed by atoms with Crippen LogP contribution in [-0.4, -0.2) is 26.5 Å². The Balaban J connectivity index is 1.95. The molecule has 0 aromatic carbocycles. The minimum Gasteiger partial charge on any atom is -0.343 e. The van der Waals surface area contributed by atoms with E-state index in [9.17, 15) is 9.59 Å². The quantitative estimate of drug-likeness (QED) is 0.624. The number of fused-ring (bicyclic) bond motifs is 1. The molecule has 6 nitrogen and oxygen atoms in total. The molecular weight excluding hydrogens is 360 g/mol. The molecule has 4 rings (SSSR count). The fourth-order valence-corrected chi connectivity index (χ4v) is 4.53. The van der Waals surface area contributed by atoms with Crippen molar-refractivity contribution in [2.45, 2.75) is 44.7 Å². The van der Waals surface area contributed by atoms with Crippen molar-refractivity contribution in [2.75, 3.05) is 11.1 Å². The molecule has 0 amide bonds. The number of hydrogen-bond acceptors (Lipinski definition) is 6. The second kappa shape index (κ2) is 6.64. The lowest BCUT2D eigenvalue weighted by atomic mass is 9.70. The number of nitrogens with zero attached hydrogens (tertiary/aromatic N) is 2. The van der Waals surface area contributed by atoms with Crippen LogP contribution < -0.4 is 10.9 Å². The number of H-pyrrole nitrogens is 1. The van der Waals surface area contributed by atoms with Crippen LogP contribution in [0.5, 0.6) is 0 Å². The summed E-state index contributed by atoms with van der Waals surface area (Å²) >= 11 is 1.48.